The summed E-state index contributed by atoms with van der Waals surface area (Å²) in [5.41, 5.74) is 1.38. The summed E-state index contributed by atoms with van der Waals surface area (Å²) in [5, 5.41) is 0. The standard InChI is InChI=1S/C11H18O/c1-3-10-5-4-6-11(8-10)7-9(2)12/h7,10H,3-6,8H2,1-2H3. The average Bonchev–Trinajstić information content (AvgIpc) is 2.03. The van der Waals surface area contributed by atoms with E-state index in [0.29, 0.717) is 0 Å². The van der Waals surface area contributed by atoms with Gasteiger partial charge in [-0.15, -0.1) is 0 Å². The Labute approximate surface area is 74.9 Å². The Morgan fingerprint density at radius 2 is 2.42 bits per heavy atom. The molecule has 12 heavy (non-hydrogen) atoms. The first kappa shape index (κ1) is 9.50. The summed E-state index contributed by atoms with van der Waals surface area (Å²) >= 11 is 0. The minimum Gasteiger partial charge on any atom is -0.295 e. The molecule has 0 N–H and O–H groups in total. The van der Waals surface area contributed by atoms with Gasteiger partial charge in [0.2, 0.25) is 0 Å². The lowest BCUT2D eigenvalue weighted by atomic mass is 9.83. The van der Waals surface area contributed by atoms with Gasteiger partial charge in [0.05, 0.1) is 0 Å². The Bertz CT molecular complexity index is 191. The van der Waals surface area contributed by atoms with Crippen LogP contribution in [0.4, 0.5) is 0 Å². The lowest BCUT2D eigenvalue weighted by molar-refractivity contribution is -0.112. The fraction of sp³-hybridized carbons (Fsp3) is 0.727. The zero-order valence-electron chi connectivity index (χ0n) is 8.10. The fourth-order valence-electron chi connectivity index (χ4n) is 1.96. The van der Waals surface area contributed by atoms with Crippen molar-refractivity contribution in [3.63, 3.8) is 0 Å². The molecule has 0 saturated heterocycles. The van der Waals surface area contributed by atoms with Gasteiger partial charge < -0.3 is 0 Å². The van der Waals surface area contributed by atoms with Crippen LogP contribution in [0.3, 0.4) is 0 Å². The van der Waals surface area contributed by atoms with E-state index in [1.165, 1.54) is 24.8 Å². The molecule has 1 nitrogen and oxygen atoms in total. The van der Waals surface area contributed by atoms with Crippen molar-refractivity contribution in [3.05, 3.63) is 11.6 Å². The Morgan fingerprint density at radius 3 is 3.00 bits per heavy atom. The van der Waals surface area contributed by atoms with E-state index in [9.17, 15) is 4.79 Å². The van der Waals surface area contributed by atoms with E-state index < -0.39 is 0 Å². The maximum absolute atomic E-state index is 10.8. The summed E-state index contributed by atoms with van der Waals surface area (Å²) in [7, 11) is 0. The minimum atomic E-state index is 0.210. The molecular formula is C11H18O. The van der Waals surface area contributed by atoms with Crippen LogP contribution in [-0.4, -0.2) is 5.78 Å². The first-order valence-corrected chi connectivity index (χ1v) is 4.92. The number of carbonyl (C=O) groups is 1. The molecule has 1 fully saturated rings. The second kappa shape index (κ2) is 4.44. The molecule has 1 rings (SSSR count). The second-order valence-electron chi connectivity index (χ2n) is 3.78. The highest BCUT2D eigenvalue weighted by molar-refractivity contribution is 5.87. The van der Waals surface area contributed by atoms with E-state index in [2.05, 4.69) is 6.92 Å². The molecule has 0 radical (unpaired) electrons. The van der Waals surface area contributed by atoms with Crippen LogP contribution in [0.15, 0.2) is 11.6 Å². The normalized spacial score (nSPS) is 27.5. The van der Waals surface area contributed by atoms with Crippen molar-refractivity contribution in [2.45, 2.75) is 46.0 Å². The van der Waals surface area contributed by atoms with Crippen molar-refractivity contribution in [3.8, 4) is 0 Å². The monoisotopic (exact) mass is 166 g/mol. The summed E-state index contributed by atoms with van der Waals surface area (Å²) in [5.74, 6) is 1.05. The first-order valence-electron chi connectivity index (χ1n) is 4.92. The molecule has 1 unspecified atom stereocenters. The van der Waals surface area contributed by atoms with Gasteiger partial charge >= 0.3 is 0 Å². The van der Waals surface area contributed by atoms with Crippen molar-refractivity contribution in [1.82, 2.24) is 0 Å². The predicted octanol–water partition coefficient (Wildman–Crippen LogP) is 3.10. The Morgan fingerprint density at radius 1 is 1.67 bits per heavy atom. The number of ketones is 1. The molecular weight excluding hydrogens is 148 g/mol. The molecule has 0 aromatic carbocycles. The lowest BCUT2D eigenvalue weighted by Gasteiger charge is -2.22. The molecule has 0 aliphatic heterocycles. The van der Waals surface area contributed by atoms with Crippen LogP contribution in [0.1, 0.15) is 46.0 Å². The Balaban J connectivity index is 2.51. The van der Waals surface area contributed by atoms with Crippen LogP contribution in [-0.2, 0) is 4.79 Å². The molecule has 1 aliphatic rings. The highest BCUT2D eigenvalue weighted by atomic mass is 16.1. The van der Waals surface area contributed by atoms with Gasteiger partial charge in [-0.2, -0.15) is 0 Å². The van der Waals surface area contributed by atoms with E-state index in [1.807, 2.05) is 6.08 Å². The largest absolute Gasteiger partial charge is 0.295 e. The van der Waals surface area contributed by atoms with Crippen molar-refractivity contribution in [1.29, 1.82) is 0 Å². The molecule has 1 saturated carbocycles. The van der Waals surface area contributed by atoms with Crippen molar-refractivity contribution in [2.24, 2.45) is 5.92 Å². The molecule has 68 valence electrons. The molecule has 0 bridgehead atoms. The molecule has 0 amide bonds. The second-order valence-corrected chi connectivity index (χ2v) is 3.78. The van der Waals surface area contributed by atoms with Gasteiger partial charge in [-0.3, -0.25) is 4.79 Å². The van der Waals surface area contributed by atoms with Gasteiger partial charge in [0.1, 0.15) is 0 Å². The maximum Gasteiger partial charge on any atom is 0.152 e. The van der Waals surface area contributed by atoms with Crippen molar-refractivity contribution >= 4 is 5.78 Å². The van der Waals surface area contributed by atoms with E-state index in [0.717, 1.165) is 18.8 Å². The molecule has 0 aromatic rings. The van der Waals surface area contributed by atoms with E-state index in [1.54, 1.807) is 6.92 Å². The number of hydrogen-bond acceptors (Lipinski definition) is 1. The average molecular weight is 166 g/mol. The first-order chi connectivity index (χ1) is 5.72. The SMILES string of the molecule is CCC1CCCC(=CC(C)=O)C1. The van der Waals surface area contributed by atoms with Crippen LogP contribution in [0.25, 0.3) is 0 Å². The van der Waals surface area contributed by atoms with Gasteiger partial charge in [0, 0.05) is 0 Å². The Kier molecular flexibility index (Phi) is 3.51. The van der Waals surface area contributed by atoms with Crippen LogP contribution >= 0.6 is 0 Å². The van der Waals surface area contributed by atoms with Crippen LogP contribution < -0.4 is 0 Å². The van der Waals surface area contributed by atoms with Gasteiger partial charge in [-0.05, 0) is 44.6 Å². The predicted molar refractivity (Wildman–Crippen MR) is 51.0 cm³/mol. The summed E-state index contributed by atoms with van der Waals surface area (Å²) in [6.45, 7) is 3.88. The van der Waals surface area contributed by atoms with Gasteiger partial charge in [0.25, 0.3) is 0 Å². The zero-order chi connectivity index (χ0) is 8.97. The quantitative estimate of drug-likeness (QED) is 0.576. The highest BCUT2D eigenvalue weighted by Crippen LogP contribution is 2.30. The number of rotatable bonds is 2. The van der Waals surface area contributed by atoms with Gasteiger partial charge in [0.15, 0.2) is 5.78 Å². The van der Waals surface area contributed by atoms with Gasteiger partial charge in [-0.25, -0.2) is 0 Å². The van der Waals surface area contributed by atoms with Crippen LogP contribution in [0.2, 0.25) is 0 Å². The third-order valence-electron chi connectivity index (χ3n) is 2.65. The summed E-state index contributed by atoms with van der Waals surface area (Å²) < 4.78 is 0. The fourth-order valence-corrected chi connectivity index (χ4v) is 1.96. The summed E-state index contributed by atoms with van der Waals surface area (Å²) in [6.07, 6.45) is 8.03. The third-order valence-corrected chi connectivity index (χ3v) is 2.65. The summed E-state index contributed by atoms with van der Waals surface area (Å²) in [4.78, 5) is 10.8. The highest BCUT2D eigenvalue weighted by Gasteiger charge is 2.15. The van der Waals surface area contributed by atoms with E-state index in [-0.39, 0.29) is 5.78 Å². The number of allylic oxidation sites excluding steroid dienone is 2. The van der Waals surface area contributed by atoms with Crippen LogP contribution in [0, 0.1) is 5.92 Å². The molecule has 1 atom stereocenters. The number of carbonyl (C=O) groups excluding carboxylic acids is 1. The summed E-state index contributed by atoms with van der Waals surface area (Å²) in [6, 6.07) is 0. The van der Waals surface area contributed by atoms with E-state index >= 15 is 0 Å². The molecule has 1 aliphatic carbocycles. The zero-order valence-corrected chi connectivity index (χ0v) is 8.10. The molecule has 1 heteroatoms. The number of hydrogen-bond donors (Lipinski definition) is 0. The maximum atomic E-state index is 10.8. The van der Waals surface area contributed by atoms with Crippen molar-refractivity contribution < 1.29 is 4.79 Å². The molecule has 0 aromatic heterocycles. The lowest BCUT2D eigenvalue weighted by Crippen LogP contribution is -2.08. The Hall–Kier alpha value is -0.590. The van der Waals surface area contributed by atoms with Crippen LogP contribution in [0.5, 0.6) is 0 Å². The molecule has 0 heterocycles. The topological polar surface area (TPSA) is 17.1 Å². The smallest absolute Gasteiger partial charge is 0.152 e. The third kappa shape index (κ3) is 2.80. The van der Waals surface area contributed by atoms with E-state index in [4.69, 9.17) is 0 Å². The van der Waals surface area contributed by atoms with Crippen molar-refractivity contribution in [2.75, 3.05) is 0 Å². The minimum absolute atomic E-state index is 0.210. The van der Waals surface area contributed by atoms with Gasteiger partial charge in [-0.1, -0.05) is 18.9 Å². The molecule has 0 spiro atoms.